The summed E-state index contributed by atoms with van der Waals surface area (Å²) in [5.41, 5.74) is 0. The predicted octanol–water partition coefficient (Wildman–Crippen LogP) is 2.56. The Bertz CT molecular complexity index is 247. The second kappa shape index (κ2) is 5.17. The molecule has 1 aromatic heterocycles. The van der Waals surface area contributed by atoms with Gasteiger partial charge in [0.1, 0.15) is 5.82 Å². The summed E-state index contributed by atoms with van der Waals surface area (Å²) >= 11 is 1.45. The molecule has 0 aliphatic heterocycles. The number of nitrogens with zero attached hydrogens (tertiary/aromatic N) is 2. The molecule has 0 saturated carbocycles. The second-order valence-electron chi connectivity index (χ2n) is 3.26. The topological polar surface area (TPSA) is 37.8 Å². The van der Waals surface area contributed by atoms with Gasteiger partial charge in [0, 0.05) is 24.5 Å². The Morgan fingerprint density at radius 1 is 1.46 bits per heavy atom. The van der Waals surface area contributed by atoms with Crippen LogP contribution in [0.1, 0.15) is 33.0 Å². The zero-order valence-corrected chi connectivity index (χ0v) is 9.32. The minimum Gasteiger partial charge on any atom is -0.360 e. The van der Waals surface area contributed by atoms with Crippen molar-refractivity contribution in [1.29, 1.82) is 0 Å². The van der Waals surface area contributed by atoms with E-state index in [1.165, 1.54) is 18.0 Å². The second-order valence-corrected chi connectivity index (χ2v) is 4.02. The first kappa shape index (κ1) is 10.4. The number of hydrogen-bond acceptors (Lipinski definition) is 4. The molecule has 1 unspecified atom stereocenters. The number of aromatic nitrogens is 2. The third-order valence-electron chi connectivity index (χ3n) is 2.08. The van der Waals surface area contributed by atoms with Crippen molar-refractivity contribution in [3.8, 4) is 0 Å². The van der Waals surface area contributed by atoms with Gasteiger partial charge in [-0.15, -0.1) is 0 Å². The highest BCUT2D eigenvalue weighted by Crippen LogP contribution is 2.12. The van der Waals surface area contributed by atoms with Crippen LogP contribution < -0.4 is 5.32 Å². The van der Waals surface area contributed by atoms with Gasteiger partial charge in [-0.05, 0) is 5.92 Å². The highest BCUT2D eigenvalue weighted by atomic mass is 32.1. The maximum atomic E-state index is 4.33. The van der Waals surface area contributed by atoms with Gasteiger partial charge in [0.25, 0.3) is 0 Å². The molecular weight excluding hydrogens is 182 g/mol. The maximum absolute atomic E-state index is 4.33. The molecule has 1 atom stereocenters. The fourth-order valence-electron chi connectivity index (χ4n) is 0.875. The molecule has 13 heavy (non-hydrogen) atoms. The van der Waals surface area contributed by atoms with Crippen molar-refractivity contribution in [2.45, 2.75) is 33.6 Å². The molecule has 0 bridgehead atoms. The summed E-state index contributed by atoms with van der Waals surface area (Å²) in [5.74, 6) is 1.64. The lowest BCUT2D eigenvalue weighted by atomic mass is 10.1. The summed E-state index contributed by atoms with van der Waals surface area (Å²) in [6.45, 7) is 7.49. The lowest BCUT2D eigenvalue weighted by molar-refractivity contribution is 0.593. The smallest absolute Gasteiger partial charge is 0.202 e. The van der Waals surface area contributed by atoms with E-state index in [0.717, 1.165) is 23.9 Å². The van der Waals surface area contributed by atoms with Gasteiger partial charge in [-0.1, -0.05) is 27.2 Å². The molecule has 0 fully saturated rings. The zero-order chi connectivity index (χ0) is 9.68. The van der Waals surface area contributed by atoms with E-state index in [4.69, 9.17) is 0 Å². The SMILES string of the molecule is CCc1nsc(NCC(C)CC)n1. The van der Waals surface area contributed by atoms with E-state index in [-0.39, 0.29) is 0 Å². The number of nitrogens with one attached hydrogen (secondary N) is 1. The molecule has 1 aromatic rings. The van der Waals surface area contributed by atoms with Crippen molar-refractivity contribution in [3.63, 3.8) is 0 Å². The molecule has 1 N–H and O–H groups in total. The summed E-state index contributed by atoms with van der Waals surface area (Å²) in [6, 6.07) is 0. The summed E-state index contributed by atoms with van der Waals surface area (Å²) in [5, 5.41) is 4.25. The first-order chi connectivity index (χ1) is 6.26. The Morgan fingerprint density at radius 2 is 2.23 bits per heavy atom. The van der Waals surface area contributed by atoms with E-state index in [9.17, 15) is 0 Å². The van der Waals surface area contributed by atoms with Crippen molar-refractivity contribution in [2.75, 3.05) is 11.9 Å². The van der Waals surface area contributed by atoms with Gasteiger partial charge in [0.15, 0.2) is 0 Å². The van der Waals surface area contributed by atoms with Crippen LogP contribution in [0.3, 0.4) is 0 Å². The number of aryl methyl sites for hydroxylation is 1. The third kappa shape index (κ3) is 3.30. The van der Waals surface area contributed by atoms with Crippen molar-refractivity contribution in [1.82, 2.24) is 9.36 Å². The lowest BCUT2D eigenvalue weighted by Crippen LogP contribution is -2.09. The van der Waals surface area contributed by atoms with Gasteiger partial charge in [-0.2, -0.15) is 4.37 Å². The van der Waals surface area contributed by atoms with E-state index >= 15 is 0 Å². The molecule has 0 amide bonds. The van der Waals surface area contributed by atoms with Crippen LogP contribution in [0.4, 0.5) is 5.13 Å². The first-order valence-corrected chi connectivity index (χ1v) is 5.60. The minimum atomic E-state index is 0.703. The van der Waals surface area contributed by atoms with Gasteiger partial charge >= 0.3 is 0 Å². The molecular formula is C9H17N3S. The molecule has 0 aliphatic carbocycles. The van der Waals surface area contributed by atoms with Crippen LogP contribution in [0, 0.1) is 5.92 Å². The van der Waals surface area contributed by atoms with Crippen LogP contribution in [0.15, 0.2) is 0 Å². The zero-order valence-electron chi connectivity index (χ0n) is 8.50. The van der Waals surface area contributed by atoms with Crippen LogP contribution in [0.5, 0.6) is 0 Å². The van der Waals surface area contributed by atoms with E-state index < -0.39 is 0 Å². The summed E-state index contributed by atoms with van der Waals surface area (Å²) in [7, 11) is 0. The predicted molar refractivity (Wildman–Crippen MR) is 57.2 cm³/mol. The van der Waals surface area contributed by atoms with Crippen molar-refractivity contribution >= 4 is 16.7 Å². The molecule has 0 spiro atoms. The largest absolute Gasteiger partial charge is 0.360 e. The number of rotatable bonds is 5. The van der Waals surface area contributed by atoms with Gasteiger partial charge in [-0.25, -0.2) is 4.98 Å². The highest BCUT2D eigenvalue weighted by molar-refractivity contribution is 7.09. The Hall–Kier alpha value is -0.640. The van der Waals surface area contributed by atoms with Gasteiger partial charge in [0.05, 0.1) is 0 Å². The van der Waals surface area contributed by atoms with Crippen LogP contribution in [-0.4, -0.2) is 15.9 Å². The lowest BCUT2D eigenvalue weighted by Gasteiger charge is -2.07. The van der Waals surface area contributed by atoms with E-state index in [0.29, 0.717) is 5.92 Å². The Kier molecular flexibility index (Phi) is 4.15. The van der Waals surface area contributed by atoms with Gasteiger partial charge in [0.2, 0.25) is 5.13 Å². The maximum Gasteiger partial charge on any atom is 0.202 e. The van der Waals surface area contributed by atoms with Crippen molar-refractivity contribution in [2.24, 2.45) is 5.92 Å². The van der Waals surface area contributed by atoms with Crippen molar-refractivity contribution in [3.05, 3.63) is 5.82 Å². The van der Waals surface area contributed by atoms with E-state index in [1.54, 1.807) is 0 Å². The molecule has 3 nitrogen and oxygen atoms in total. The van der Waals surface area contributed by atoms with E-state index in [1.807, 2.05) is 0 Å². The third-order valence-corrected chi connectivity index (χ3v) is 2.79. The fourth-order valence-corrected chi connectivity index (χ4v) is 1.53. The standard InChI is InChI=1S/C9H17N3S/c1-4-7(3)6-10-9-11-8(5-2)12-13-9/h7H,4-6H2,1-3H3,(H,10,11,12). The number of hydrogen-bond donors (Lipinski definition) is 1. The van der Waals surface area contributed by atoms with Crippen LogP contribution >= 0.6 is 11.5 Å². The Labute approximate surface area is 83.8 Å². The average molecular weight is 199 g/mol. The summed E-state index contributed by atoms with van der Waals surface area (Å²) in [6.07, 6.45) is 2.12. The molecule has 1 rings (SSSR count). The quantitative estimate of drug-likeness (QED) is 0.792. The summed E-state index contributed by atoms with van der Waals surface area (Å²) < 4.78 is 4.21. The monoisotopic (exact) mass is 199 g/mol. The van der Waals surface area contributed by atoms with Crippen LogP contribution in [0.2, 0.25) is 0 Å². The van der Waals surface area contributed by atoms with Gasteiger partial charge < -0.3 is 5.32 Å². The average Bonchev–Trinajstić information content (AvgIpc) is 2.61. The van der Waals surface area contributed by atoms with Crippen LogP contribution in [0.25, 0.3) is 0 Å². The molecule has 0 aliphatic rings. The fraction of sp³-hybridized carbons (Fsp3) is 0.778. The molecule has 0 radical (unpaired) electrons. The molecule has 0 aromatic carbocycles. The molecule has 74 valence electrons. The summed E-state index contributed by atoms with van der Waals surface area (Å²) in [4.78, 5) is 4.33. The van der Waals surface area contributed by atoms with E-state index in [2.05, 4.69) is 35.4 Å². The minimum absolute atomic E-state index is 0.703. The van der Waals surface area contributed by atoms with Gasteiger partial charge in [-0.3, -0.25) is 0 Å². The van der Waals surface area contributed by atoms with Crippen LogP contribution in [-0.2, 0) is 6.42 Å². The Balaban J connectivity index is 2.36. The first-order valence-electron chi connectivity index (χ1n) is 4.82. The normalized spacial score (nSPS) is 12.8. The molecule has 0 saturated heterocycles. The molecule has 1 heterocycles. The number of anilines is 1. The Morgan fingerprint density at radius 3 is 2.77 bits per heavy atom. The van der Waals surface area contributed by atoms with Crippen molar-refractivity contribution < 1.29 is 0 Å². The highest BCUT2D eigenvalue weighted by Gasteiger charge is 2.03. The molecule has 4 heteroatoms.